The number of anilines is 1. The summed E-state index contributed by atoms with van der Waals surface area (Å²) in [7, 11) is 5.02. The topological polar surface area (TPSA) is 64.8 Å². The van der Waals surface area contributed by atoms with Crippen LogP contribution in [0, 0.1) is 6.42 Å². The van der Waals surface area contributed by atoms with E-state index < -0.39 is 0 Å². The van der Waals surface area contributed by atoms with Crippen LogP contribution >= 0.6 is 0 Å². The lowest BCUT2D eigenvalue weighted by molar-refractivity contribution is -0.129. The molecule has 0 saturated carbocycles. The van der Waals surface area contributed by atoms with Gasteiger partial charge in [0.25, 0.3) is 0 Å². The van der Waals surface area contributed by atoms with Crippen molar-refractivity contribution in [1.29, 1.82) is 0 Å². The van der Waals surface area contributed by atoms with Gasteiger partial charge in [0.1, 0.15) is 0 Å². The minimum absolute atomic E-state index is 0.0691. The normalized spacial score (nSPS) is 10.7. The molecule has 5 nitrogen and oxygen atoms in total. The number of carbonyl (C=O) groups excluding carboxylic acids is 1. The molecule has 0 fully saturated rings. The van der Waals surface area contributed by atoms with E-state index in [4.69, 9.17) is 15.2 Å². The predicted octanol–water partition coefficient (Wildman–Crippen LogP) is 4.08. The summed E-state index contributed by atoms with van der Waals surface area (Å²) in [5.74, 6) is 1.36. The van der Waals surface area contributed by atoms with Gasteiger partial charge in [-0.25, -0.2) is 0 Å². The first-order valence-corrected chi connectivity index (χ1v) is 9.57. The van der Waals surface area contributed by atoms with E-state index in [1.807, 2.05) is 43.4 Å². The first-order valence-electron chi connectivity index (χ1n) is 9.57. The van der Waals surface area contributed by atoms with Crippen molar-refractivity contribution in [2.75, 3.05) is 33.5 Å². The molecule has 0 unspecified atom stereocenters. The zero-order chi connectivity index (χ0) is 20.8. The van der Waals surface area contributed by atoms with Crippen LogP contribution in [0.15, 0.2) is 54.6 Å². The Morgan fingerprint density at radius 2 is 1.69 bits per heavy atom. The third kappa shape index (κ3) is 5.19. The van der Waals surface area contributed by atoms with Crippen molar-refractivity contribution in [3.05, 3.63) is 72.1 Å². The summed E-state index contributed by atoms with van der Waals surface area (Å²) in [6, 6.07) is 17.8. The zero-order valence-electron chi connectivity index (χ0n) is 17.1. The second-order valence-electron chi connectivity index (χ2n) is 7.04. The quantitative estimate of drug-likeness (QED) is 0.588. The monoisotopic (exact) mass is 391 g/mol. The van der Waals surface area contributed by atoms with Gasteiger partial charge in [0.15, 0.2) is 11.5 Å². The van der Waals surface area contributed by atoms with Gasteiger partial charge in [-0.15, -0.1) is 0 Å². The molecule has 3 rings (SSSR count). The fraction of sp³-hybridized carbons (Fsp3) is 0.250. The number of hydrogen-bond acceptors (Lipinski definition) is 4. The average Bonchev–Trinajstić information content (AvgIpc) is 2.73. The van der Waals surface area contributed by atoms with Crippen molar-refractivity contribution < 1.29 is 14.3 Å². The molecular formula is C24H27N2O3. The van der Waals surface area contributed by atoms with Crippen molar-refractivity contribution in [3.63, 3.8) is 0 Å². The van der Waals surface area contributed by atoms with Gasteiger partial charge in [-0.2, -0.15) is 0 Å². The van der Waals surface area contributed by atoms with Crippen LogP contribution in [-0.2, 0) is 11.2 Å². The lowest BCUT2D eigenvalue weighted by Gasteiger charge is -2.18. The number of methoxy groups -OCH3 is 2. The molecule has 0 aliphatic heterocycles. The molecule has 2 N–H and O–H groups in total. The van der Waals surface area contributed by atoms with E-state index in [1.165, 1.54) is 0 Å². The van der Waals surface area contributed by atoms with Crippen molar-refractivity contribution in [3.8, 4) is 11.5 Å². The molecule has 0 bridgehead atoms. The van der Waals surface area contributed by atoms with Gasteiger partial charge in [0.2, 0.25) is 5.91 Å². The number of ether oxygens (including phenoxy) is 2. The molecule has 5 heteroatoms. The number of rotatable bonds is 8. The molecule has 0 aliphatic rings. The molecule has 0 saturated heterocycles. The van der Waals surface area contributed by atoms with Crippen LogP contribution in [0.1, 0.15) is 17.5 Å². The highest BCUT2D eigenvalue weighted by atomic mass is 16.5. The highest BCUT2D eigenvalue weighted by molar-refractivity contribution is 5.86. The lowest BCUT2D eigenvalue weighted by Crippen LogP contribution is -2.29. The van der Waals surface area contributed by atoms with E-state index in [0.717, 1.165) is 34.0 Å². The van der Waals surface area contributed by atoms with Crippen LogP contribution in [0.5, 0.6) is 11.5 Å². The molecule has 0 atom stereocenters. The first-order chi connectivity index (χ1) is 14.0. The smallest absolute Gasteiger partial charge is 0.226 e. The number of benzene rings is 3. The van der Waals surface area contributed by atoms with Gasteiger partial charge in [0.05, 0.1) is 20.6 Å². The molecular weight excluding hydrogens is 364 g/mol. The second kappa shape index (κ2) is 9.32. The molecule has 1 radical (unpaired) electrons. The second-order valence-corrected chi connectivity index (χ2v) is 7.04. The molecule has 0 aliphatic carbocycles. The molecule has 151 valence electrons. The van der Waals surface area contributed by atoms with Crippen molar-refractivity contribution in [2.45, 2.75) is 12.8 Å². The summed E-state index contributed by atoms with van der Waals surface area (Å²) in [4.78, 5) is 14.3. The number of likely N-dealkylation sites (N-methyl/N-ethyl adjacent to an activating group) is 1. The predicted molar refractivity (Wildman–Crippen MR) is 117 cm³/mol. The Morgan fingerprint density at radius 3 is 2.45 bits per heavy atom. The van der Waals surface area contributed by atoms with E-state index in [0.29, 0.717) is 24.5 Å². The van der Waals surface area contributed by atoms with E-state index in [9.17, 15) is 4.79 Å². The summed E-state index contributed by atoms with van der Waals surface area (Å²) >= 11 is 0. The maximum absolute atomic E-state index is 12.5. The van der Waals surface area contributed by atoms with Gasteiger partial charge in [-0.3, -0.25) is 4.79 Å². The van der Waals surface area contributed by atoms with Crippen LogP contribution < -0.4 is 15.2 Å². The maximum atomic E-state index is 12.5. The minimum atomic E-state index is 0.0691. The Kier molecular flexibility index (Phi) is 6.60. The Morgan fingerprint density at radius 1 is 0.966 bits per heavy atom. The van der Waals surface area contributed by atoms with Gasteiger partial charge < -0.3 is 20.1 Å². The average molecular weight is 391 g/mol. The van der Waals surface area contributed by atoms with Crippen LogP contribution in [0.2, 0.25) is 0 Å². The fourth-order valence-electron chi connectivity index (χ4n) is 3.26. The Labute approximate surface area is 172 Å². The van der Waals surface area contributed by atoms with E-state index in [1.54, 1.807) is 19.1 Å². The molecule has 0 aromatic heterocycles. The zero-order valence-corrected chi connectivity index (χ0v) is 17.1. The summed E-state index contributed by atoms with van der Waals surface area (Å²) in [5, 5.41) is 2.29. The molecule has 29 heavy (non-hydrogen) atoms. The van der Waals surface area contributed by atoms with Gasteiger partial charge in [0, 0.05) is 19.3 Å². The summed E-state index contributed by atoms with van der Waals surface area (Å²) in [6.45, 7) is 0.659. The van der Waals surface area contributed by atoms with E-state index in [-0.39, 0.29) is 5.91 Å². The molecule has 0 heterocycles. The molecule has 0 spiro atoms. The van der Waals surface area contributed by atoms with Crippen LogP contribution in [0.25, 0.3) is 10.8 Å². The summed E-state index contributed by atoms with van der Waals surface area (Å²) in [5.41, 5.74) is 8.64. The third-order valence-corrected chi connectivity index (χ3v) is 4.96. The number of carbonyl (C=O) groups is 1. The fourth-order valence-corrected chi connectivity index (χ4v) is 3.26. The number of fused-ring (bicyclic) bond motifs is 1. The Hall–Kier alpha value is -3.21. The van der Waals surface area contributed by atoms with Gasteiger partial charge in [-0.05, 0) is 59.0 Å². The highest BCUT2D eigenvalue weighted by Crippen LogP contribution is 2.28. The minimum Gasteiger partial charge on any atom is -0.493 e. The number of nitrogens with two attached hydrogens (primary N) is 1. The van der Waals surface area contributed by atoms with Gasteiger partial charge >= 0.3 is 0 Å². The van der Waals surface area contributed by atoms with Crippen LogP contribution in [0.3, 0.4) is 0 Å². The molecule has 3 aromatic rings. The largest absolute Gasteiger partial charge is 0.493 e. The SMILES string of the molecule is COc1ccc(CC(=O)N(C)CC[CH]c2ccc3cc(N)ccc3c2)cc1OC. The Bertz CT molecular complexity index is 1000. The van der Waals surface area contributed by atoms with Crippen molar-refractivity contribution in [2.24, 2.45) is 0 Å². The summed E-state index contributed by atoms with van der Waals surface area (Å²) < 4.78 is 10.5. The van der Waals surface area contributed by atoms with Crippen molar-refractivity contribution in [1.82, 2.24) is 4.90 Å². The number of nitrogen functional groups attached to an aromatic ring is 1. The number of amides is 1. The number of hydrogen-bond donors (Lipinski definition) is 1. The van der Waals surface area contributed by atoms with Gasteiger partial charge in [-0.1, -0.05) is 30.3 Å². The van der Waals surface area contributed by atoms with E-state index in [2.05, 4.69) is 24.6 Å². The maximum Gasteiger partial charge on any atom is 0.226 e. The third-order valence-electron chi connectivity index (χ3n) is 4.96. The standard InChI is InChI=1S/C24H27N2O3/c1-26(24(27)15-18-7-11-22(28-2)23(14-18)29-3)12-4-5-17-6-8-20-16-21(25)10-9-19(20)13-17/h5-11,13-14,16H,4,12,15,25H2,1-3H3. The lowest BCUT2D eigenvalue weighted by atomic mass is 10.0. The van der Waals surface area contributed by atoms with Crippen LogP contribution in [0.4, 0.5) is 5.69 Å². The van der Waals surface area contributed by atoms with Crippen LogP contribution in [-0.4, -0.2) is 38.6 Å². The highest BCUT2D eigenvalue weighted by Gasteiger charge is 2.12. The van der Waals surface area contributed by atoms with E-state index >= 15 is 0 Å². The first kappa shape index (κ1) is 20.5. The Balaban J connectivity index is 1.53. The summed E-state index contributed by atoms with van der Waals surface area (Å²) in [6.07, 6.45) is 3.26. The number of nitrogens with zero attached hydrogens (tertiary/aromatic N) is 1. The van der Waals surface area contributed by atoms with Crippen molar-refractivity contribution >= 4 is 22.4 Å². The molecule has 1 amide bonds. The molecule has 3 aromatic carbocycles.